The highest BCUT2D eigenvalue weighted by Gasteiger charge is 2.36. The van der Waals surface area contributed by atoms with E-state index in [-0.39, 0.29) is 0 Å². The summed E-state index contributed by atoms with van der Waals surface area (Å²) < 4.78 is 5.84. The highest BCUT2D eigenvalue weighted by Crippen LogP contribution is 2.31. The van der Waals surface area contributed by atoms with E-state index < -0.39 is 0 Å². The first-order valence-corrected chi connectivity index (χ1v) is 11.0. The zero-order valence-electron chi connectivity index (χ0n) is 16.3. The Hall–Kier alpha value is -0.0400. The molecule has 2 atom stereocenters. The van der Waals surface area contributed by atoms with Crippen LogP contribution in [0.1, 0.15) is 129 Å². The predicted molar refractivity (Wildman–Crippen MR) is 103 cm³/mol. The number of unbranched alkanes of at least 4 members (excludes halogenated alkanes) is 14. The average molecular weight is 325 g/mol. The van der Waals surface area contributed by atoms with Gasteiger partial charge < -0.3 is 4.74 Å². The molecule has 23 heavy (non-hydrogen) atoms. The maximum Gasteiger partial charge on any atom is 0.0841 e. The Labute approximate surface area is 147 Å². The monoisotopic (exact) mass is 324 g/mol. The van der Waals surface area contributed by atoms with Crippen molar-refractivity contribution in [2.75, 3.05) is 0 Å². The summed E-state index contributed by atoms with van der Waals surface area (Å²) in [7, 11) is 0. The number of hydrogen-bond acceptors (Lipinski definition) is 1. The molecule has 0 N–H and O–H groups in total. The minimum absolute atomic E-state index is 0.639. The van der Waals surface area contributed by atoms with Gasteiger partial charge in [-0.25, -0.2) is 0 Å². The highest BCUT2D eigenvalue weighted by atomic mass is 16.6. The van der Waals surface area contributed by atoms with Gasteiger partial charge in [-0.15, -0.1) is 0 Å². The fraction of sp³-hybridized carbons (Fsp3) is 1.00. The molecule has 0 amide bonds. The van der Waals surface area contributed by atoms with Gasteiger partial charge >= 0.3 is 0 Å². The fourth-order valence-corrected chi connectivity index (χ4v) is 3.65. The summed E-state index contributed by atoms with van der Waals surface area (Å²) >= 11 is 0. The van der Waals surface area contributed by atoms with Crippen LogP contribution in [0.2, 0.25) is 0 Å². The average Bonchev–Trinajstić information content (AvgIpc) is 3.31. The topological polar surface area (TPSA) is 12.5 Å². The molecule has 1 aliphatic rings. The third-order valence-corrected chi connectivity index (χ3v) is 5.37. The summed E-state index contributed by atoms with van der Waals surface area (Å²) in [6.07, 6.45) is 26.7. The van der Waals surface area contributed by atoms with Gasteiger partial charge in [0.25, 0.3) is 0 Å². The molecule has 0 aromatic rings. The van der Waals surface area contributed by atoms with Crippen molar-refractivity contribution in [2.24, 2.45) is 0 Å². The molecule has 0 spiro atoms. The largest absolute Gasteiger partial charge is 0.370 e. The standard InChI is InChI=1S/C22H44O/c1-3-5-7-9-11-13-15-17-19-21-22(23-21)20-18-16-14-12-10-8-6-4-2/h21-22H,3-20H2,1-2H3/t21-,22+. The molecule has 1 aliphatic heterocycles. The van der Waals surface area contributed by atoms with Crippen LogP contribution in [-0.2, 0) is 4.74 Å². The van der Waals surface area contributed by atoms with E-state index in [1.54, 1.807) is 0 Å². The maximum absolute atomic E-state index is 5.84. The van der Waals surface area contributed by atoms with Crippen molar-refractivity contribution in [2.45, 2.75) is 142 Å². The molecule has 0 radical (unpaired) electrons. The summed E-state index contributed by atoms with van der Waals surface area (Å²) in [6.45, 7) is 4.58. The first-order chi connectivity index (χ1) is 11.4. The second-order valence-electron chi connectivity index (χ2n) is 7.74. The van der Waals surface area contributed by atoms with Gasteiger partial charge in [0.2, 0.25) is 0 Å². The zero-order chi connectivity index (χ0) is 16.6. The van der Waals surface area contributed by atoms with Crippen molar-refractivity contribution in [1.82, 2.24) is 0 Å². The Balaban J connectivity index is 1.73. The van der Waals surface area contributed by atoms with E-state index >= 15 is 0 Å². The van der Waals surface area contributed by atoms with Crippen LogP contribution in [0.3, 0.4) is 0 Å². The molecule has 1 heteroatoms. The van der Waals surface area contributed by atoms with Gasteiger partial charge in [0.15, 0.2) is 0 Å². The predicted octanol–water partition coefficient (Wildman–Crippen LogP) is 7.82. The number of ether oxygens (including phenoxy) is 1. The third-order valence-electron chi connectivity index (χ3n) is 5.37. The lowest BCUT2D eigenvalue weighted by Gasteiger charge is -2.01. The fourth-order valence-electron chi connectivity index (χ4n) is 3.65. The van der Waals surface area contributed by atoms with Gasteiger partial charge in [-0.2, -0.15) is 0 Å². The molecule has 1 heterocycles. The minimum atomic E-state index is 0.639. The number of epoxide rings is 1. The Morgan fingerprint density at radius 1 is 0.435 bits per heavy atom. The SMILES string of the molecule is CCCCCCCCCC[C@@H]1O[C@@H]1CCCCCCCCCC. The van der Waals surface area contributed by atoms with Crippen molar-refractivity contribution < 1.29 is 4.74 Å². The quantitative estimate of drug-likeness (QED) is 0.185. The lowest BCUT2D eigenvalue weighted by molar-refractivity contribution is 0.347. The van der Waals surface area contributed by atoms with Crippen LogP contribution in [0.25, 0.3) is 0 Å². The molecule has 0 aromatic heterocycles. The lowest BCUT2D eigenvalue weighted by Crippen LogP contribution is -1.94. The zero-order valence-corrected chi connectivity index (χ0v) is 16.3. The first-order valence-electron chi connectivity index (χ1n) is 11.0. The van der Waals surface area contributed by atoms with Gasteiger partial charge in [0, 0.05) is 0 Å². The van der Waals surface area contributed by atoms with Crippen LogP contribution >= 0.6 is 0 Å². The summed E-state index contributed by atoms with van der Waals surface area (Å²) in [5.74, 6) is 0. The van der Waals surface area contributed by atoms with Crippen molar-refractivity contribution in [1.29, 1.82) is 0 Å². The van der Waals surface area contributed by atoms with E-state index in [0.717, 1.165) is 0 Å². The lowest BCUT2D eigenvalue weighted by atomic mass is 10.0. The van der Waals surface area contributed by atoms with E-state index in [2.05, 4.69) is 13.8 Å². The summed E-state index contributed by atoms with van der Waals surface area (Å²) in [4.78, 5) is 0. The van der Waals surface area contributed by atoms with Crippen molar-refractivity contribution in [3.8, 4) is 0 Å². The molecule has 1 nitrogen and oxygen atoms in total. The number of rotatable bonds is 18. The Morgan fingerprint density at radius 3 is 1.09 bits per heavy atom. The van der Waals surface area contributed by atoms with E-state index in [0.29, 0.717) is 12.2 Å². The van der Waals surface area contributed by atoms with E-state index in [9.17, 15) is 0 Å². The molecule has 1 fully saturated rings. The van der Waals surface area contributed by atoms with Gasteiger partial charge in [0.05, 0.1) is 12.2 Å². The van der Waals surface area contributed by atoms with Gasteiger partial charge in [-0.3, -0.25) is 0 Å². The second kappa shape index (κ2) is 15.5. The van der Waals surface area contributed by atoms with Crippen molar-refractivity contribution in [3.63, 3.8) is 0 Å². The third kappa shape index (κ3) is 13.0. The van der Waals surface area contributed by atoms with Gasteiger partial charge in [-0.05, 0) is 12.8 Å². The second-order valence-corrected chi connectivity index (χ2v) is 7.74. The highest BCUT2D eigenvalue weighted by molar-refractivity contribution is 4.84. The molecule has 1 saturated heterocycles. The molecular formula is C22H44O. The van der Waals surface area contributed by atoms with E-state index in [4.69, 9.17) is 4.74 Å². The van der Waals surface area contributed by atoms with Gasteiger partial charge in [-0.1, -0.05) is 117 Å². The van der Waals surface area contributed by atoms with Gasteiger partial charge in [0.1, 0.15) is 0 Å². The molecule has 0 bridgehead atoms. The Kier molecular flexibility index (Phi) is 14.1. The summed E-state index contributed by atoms with van der Waals surface area (Å²) in [5.41, 5.74) is 0. The molecule has 0 aromatic carbocycles. The number of hydrogen-bond donors (Lipinski definition) is 0. The van der Waals surface area contributed by atoms with Crippen LogP contribution in [0, 0.1) is 0 Å². The van der Waals surface area contributed by atoms with E-state index in [1.165, 1.54) is 116 Å². The first kappa shape index (κ1) is 21.0. The Morgan fingerprint density at radius 2 is 0.739 bits per heavy atom. The summed E-state index contributed by atoms with van der Waals surface area (Å²) in [6, 6.07) is 0. The minimum Gasteiger partial charge on any atom is -0.370 e. The van der Waals surface area contributed by atoms with Crippen LogP contribution in [-0.4, -0.2) is 12.2 Å². The van der Waals surface area contributed by atoms with Crippen molar-refractivity contribution in [3.05, 3.63) is 0 Å². The van der Waals surface area contributed by atoms with E-state index in [1.807, 2.05) is 0 Å². The van der Waals surface area contributed by atoms with Crippen molar-refractivity contribution >= 4 is 0 Å². The molecule has 0 aliphatic carbocycles. The normalized spacial score (nSPS) is 20.1. The molecular weight excluding hydrogens is 280 g/mol. The molecule has 0 unspecified atom stereocenters. The molecule has 138 valence electrons. The van der Waals surface area contributed by atoms with Crippen LogP contribution in [0.4, 0.5) is 0 Å². The van der Waals surface area contributed by atoms with Crippen LogP contribution in [0.15, 0.2) is 0 Å². The molecule has 1 rings (SSSR count). The van der Waals surface area contributed by atoms with Crippen LogP contribution in [0.5, 0.6) is 0 Å². The van der Waals surface area contributed by atoms with Crippen LogP contribution < -0.4 is 0 Å². The maximum atomic E-state index is 5.84. The summed E-state index contributed by atoms with van der Waals surface area (Å²) in [5, 5.41) is 0. The smallest absolute Gasteiger partial charge is 0.0841 e. The molecule has 0 saturated carbocycles. The Bertz CT molecular complexity index is 214.